The predicted octanol–water partition coefficient (Wildman–Crippen LogP) is 2.86. The molecule has 3 rings (SSSR count). The summed E-state index contributed by atoms with van der Waals surface area (Å²) >= 11 is 0. The van der Waals surface area contributed by atoms with Crippen molar-refractivity contribution in [2.24, 2.45) is 11.3 Å². The van der Waals surface area contributed by atoms with E-state index in [9.17, 15) is 13.2 Å². The van der Waals surface area contributed by atoms with Gasteiger partial charge in [0.15, 0.2) is 0 Å². The molecule has 2 heterocycles. The van der Waals surface area contributed by atoms with Crippen LogP contribution in [0.3, 0.4) is 0 Å². The van der Waals surface area contributed by atoms with Gasteiger partial charge < -0.3 is 5.32 Å². The number of aryl methyl sites for hydroxylation is 1. The lowest BCUT2D eigenvalue weighted by Crippen LogP contribution is -2.59. The molecule has 1 saturated heterocycles. The van der Waals surface area contributed by atoms with Crippen molar-refractivity contribution in [3.05, 3.63) is 59.9 Å². The zero-order valence-electron chi connectivity index (χ0n) is 16.7. The maximum atomic E-state index is 13.2. The highest BCUT2D eigenvalue weighted by Gasteiger charge is 2.44. The number of amides is 1. The first-order chi connectivity index (χ1) is 13.1. The molecular formula is C21H27N3O3S. The third kappa shape index (κ3) is 4.10. The van der Waals surface area contributed by atoms with Crippen LogP contribution in [-0.2, 0) is 10.0 Å². The summed E-state index contributed by atoms with van der Waals surface area (Å²) in [7, 11) is -3.64. The third-order valence-electron chi connectivity index (χ3n) is 5.69. The van der Waals surface area contributed by atoms with Crippen molar-refractivity contribution < 1.29 is 13.2 Å². The van der Waals surface area contributed by atoms with Gasteiger partial charge in [0.25, 0.3) is 5.91 Å². The normalized spacial score (nSPS) is 22.6. The monoisotopic (exact) mass is 401 g/mol. The van der Waals surface area contributed by atoms with Crippen LogP contribution >= 0.6 is 0 Å². The summed E-state index contributed by atoms with van der Waals surface area (Å²) in [4.78, 5) is 17.0. The Hall–Kier alpha value is -2.25. The molecule has 1 N–H and O–H groups in total. The van der Waals surface area contributed by atoms with E-state index < -0.39 is 10.0 Å². The van der Waals surface area contributed by atoms with Gasteiger partial charge in [-0.05, 0) is 42.5 Å². The van der Waals surface area contributed by atoms with Crippen LogP contribution in [0.1, 0.15) is 36.8 Å². The second-order valence-electron chi connectivity index (χ2n) is 8.18. The van der Waals surface area contributed by atoms with Crippen molar-refractivity contribution >= 4 is 15.9 Å². The highest BCUT2D eigenvalue weighted by Crippen LogP contribution is 2.37. The van der Waals surface area contributed by atoms with Gasteiger partial charge in [-0.25, -0.2) is 8.42 Å². The summed E-state index contributed by atoms with van der Waals surface area (Å²) in [5, 5.41) is 3.00. The minimum atomic E-state index is -3.64. The maximum absolute atomic E-state index is 13.2. The molecule has 2 atom stereocenters. The minimum absolute atomic E-state index is 0.102. The topological polar surface area (TPSA) is 79.4 Å². The SMILES string of the molecule is Cc1ccc(S(=O)(=O)N2CC(NC(=O)c3ccccn3)C(C)C(C)(C)C2)cc1. The molecule has 1 aliphatic heterocycles. The van der Waals surface area contributed by atoms with Gasteiger partial charge in [-0.15, -0.1) is 0 Å². The number of nitrogens with zero attached hydrogens (tertiary/aromatic N) is 2. The van der Waals surface area contributed by atoms with Gasteiger partial charge in [0.1, 0.15) is 5.69 Å². The molecule has 7 heteroatoms. The zero-order chi connectivity index (χ0) is 20.5. The van der Waals surface area contributed by atoms with Crippen LogP contribution in [-0.4, -0.2) is 42.7 Å². The molecule has 1 aliphatic rings. The van der Waals surface area contributed by atoms with Crippen LogP contribution in [0, 0.1) is 18.3 Å². The van der Waals surface area contributed by atoms with Crippen LogP contribution in [0.25, 0.3) is 0 Å². The Morgan fingerprint density at radius 3 is 2.46 bits per heavy atom. The fourth-order valence-electron chi connectivity index (χ4n) is 3.54. The van der Waals surface area contributed by atoms with E-state index in [4.69, 9.17) is 0 Å². The lowest BCUT2D eigenvalue weighted by molar-refractivity contribution is 0.0657. The molecule has 1 aromatic carbocycles. The van der Waals surface area contributed by atoms with Crippen LogP contribution in [0.5, 0.6) is 0 Å². The Labute approximate surface area is 167 Å². The average molecular weight is 402 g/mol. The second-order valence-corrected chi connectivity index (χ2v) is 10.1. The number of nitrogens with one attached hydrogen (secondary N) is 1. The van der Waals surface area contributed by atoms with E-state index in [1.165, 1.54) is 4.31 Å². The van der Waals surface area contributed by atoms with Gasteiger partial charge in [0, 0.05) is 25.3 Å². The Morgan fingerprint density at radius 1 is 1.18 bits per heavy atom. The molecule has 2 unspecified atom stereocenters. The smallest absolute Gasteiger partial charge is 0.270 e. The first-order valence-corrected chi connectivity index (χ1v) is 10.8. The first kappa shape index (κ1) is 20.5. The second kappa shape index (κ2) is 7.64. The minimum Gasteiger partial charge on any atom is -0.346 e. The summed E-state index contributed by atoms with van der Waals surface area (Å²) in [6.07, 6.45) is 1.57. The number of hydrogen-bond donors (Lipinski definition) is 1. The van der Waals surface area contributed by atoms with E-state index >= 15 is 0 Å². The molecule has 6 nitrogen and oxygen atoms in total. The van der Waals surface area contributed by atoms with Crippen molar-refractivity contribution in [2.75, 3.05) is 13.1 Å². The molecule has 2 aromatic rings. The average Bonchev–Trinajstić information content (AvgIpc) is 2.66. The fourth-order valence-corrected chi connectivity index (χ4v) is 5.18. The van der Waals surface area contributed by atoms with E-state index in [0.29, 0.717) is 12.2 Å². The summed E-state index contributed by atoms with van der Waals surface area (Å²) in [6.45, 7) is 8.69. The highest BCUT2D eigenvalue weighted by molar-refractivity contribution is 7.89. The Balaban J connectivity index is 1.86. The van der Waals surface area contributed by atoms with Gasteiger partial charge in [-0.2, -0.15) is 4.31 Å². The zero-order valence-corrected chi connectivity index (χ0v) is 17.5. The van der Waals surface area contributed by atoms with E-state index in [2.05, 4.69) is 17.2 Å². The van der Waals surface area contributed by atoms with Gasteiger partial charge in [0.05, 0.1) is 4.90 Å². The molecule has 0 saturated carbocycles. The van der Waals surface area contributed by atoms with Gasteiger partial charge in [-0.1, -0.05) is 44.5 Å². The Morgan fingerprint density at radius 2 is 1.86 bits per heavy atom. The van der Waals surface area contributed by atoms with Crippen molar-refractivity contribution in [1.82, 2.24) is 14.6 Å². The number of pyridine rings is 1. The summed E-state index contributed by atoms with van der Waals surface area (Å²) < 4.78 is 27.9. The number of piperidine rings is 1. The maximum Gasteiger partial charge on any atom is 0.270 e. The highest BCUT2D eigenvalue weighted by atomic mass is 32.2. The Kier molecular flexibility index (Phi) is 5.59. The molecule has 0 radical (unpaired) electrons. The van der Waals surface area contributed by atoms with Crippen LogP contribution in [0.15, 0.2) is 53.6 Å². The third-order valence-corrected chi connectivity index (χ3v) is 7.52. The molecule has 150 valence electrons. The number of rotatable bonds is 4. The number of sulfonamides is 1. The molecule has 1 aromatic heterocycles. The molecular weight excluding hydrogens is 374 g/mol. The van der Waals surface area contributed by atoms with Gasteiger partial charge in [-0.3, -0.25) is 9.78 Å². The number of aromatic nitrogens is 1. The van der Waals surface area contributed by atoms with E-state index in [0.717, 1.165) is 5.56 Å². The van der Waals surface area contributed by atoms with Crippen molar-refractivity contribution in [2.45, 2.75) is 38.6 Å². The molecule has 28 heavy (non-hydrogen) atoms. The fraction of sp³-hybridized carbons (Fsp3) is 0.429. The number of carbonyl (C=O) groups excluding carboxylic acids is 1. The molecule has 0 spiro atoms. The molecule has 1 amide bonds. The van der Waals surface area contributed by atoms with Crippen LogP contribution in [0.2, 0.25) is 0 Å². The molecule has 0 bridgehead atoms. The lowest BCUT2D eigenvalue weighted by Gasteiger charge is -2.47. The molecule has 1 fully saturated rings. The molecule has 0 aliphatic carbocycles. The number of hydrogen-bond acceptors (Lipinski definition) is 4. The van der Waals surface area contributed by atoms with E-state index in [-0.39, 0.29) is 34.7 Å². The van der Waals surface area contributed by atoms with Crippen molar-refractivity contribution in [3.63, 3.8) is 0 Å². The summed E-state index contributed by atoms with van der Waals surface area (Å²) in [6, 6.07) is 11.7. The van der Waals surface area contributed by atoms with Gasteiger partial charge in [0.2, 0.25) is 10.0 Å². The standard InChI is InChI=1S/C21H27N3O3S/c1-15-8-10-17(11-9-15)28(26,27)24-13-19(16(2)21(3,4)14-24)23-20(25)18-7-5-6-12-22-18/h5-12,16,19H,13-14H2,1-4H3,(H,23,25). The number of benzene rings is 1. The summed E-state index contributed by atoms with van der Waals surface area (Å²) in [5.41, 5.74) is 1.04. The quantitative estimate of drug-likeness (QED) is 0.854. The van der Waals surface area contributed by atoms with Gasteiger partial charge >= 0.3 is 0 Å². The Bertz CT molecular complexity index is 941. The van der Waals surface area contributed by atoms with Crippen molar-refractivity contribution in [1.29, 1.82) is 0 Å². The van der Waals surface area contributed by atoms with Crippen LogP contribution < -0.4 is 5.32 Å². The lowest BCUT2D eigenvalue weighted by atomic mass is 9.73. The van der Waals surface area contributed by atoms with Crippen LogP contribution in [0.4, 0.5) is 0 Å². The predicted molar refractivity (Wildman–Crippen MR) is 108 cm³/mol. The van der Waals surface area contributed by atoms with Crippen molar-refractivity contribution in [3.8, 4) is 0 Å². The van der Waals surface area contributed by atoms with E-state index in [1.54, 1.807) is 48.7 Å². The largest absolute Gasteiger partial charge is 0.346 e. The first-order valence-electron chi connectivity index (χ1n) is 9.40. The summed E-state index contributed by atoms with van der Waals surface area (Å²) in [5.74, 6) is -0.188. The number of carbonyl (C=O) groups is 1. The van der Waals surface area contributed by atoms with E-state index in [1.807, 2.05) is 20.8 Å².